The van der Waals surface area contributed by atoms with Crippen LogP contribution in [-0.2, 0) is 21.1 Å². The number of carboxylic acid groups (broad SMARTS) is 1. The van der Waals surface area contributed by atoms with Crippen LogP contribution in [0.25, 0.3) is 0 Å². The Labute approximate surface area is 135 Å². The Morgan fingerprint density at radius 3 is 2.13 bits per heavy atom. The molecule has 2 rings (SSSR count). The van der Waals surface area contributed by atoms with Crippen LogP contribution in [-0.4, -0.2) is 31.4 Å². The molecular formula is C17H18O5S. The van der Waals surface area contributed by atoms with Gasteiger partial charge in [0.25, 0.3) is 0 Å². The van der Waals surface area contributed by atoms with Gasteiger partial charge in [-0.15, -0.1) is 0 Å². The summed E-state index contributed by atoms with van der Waals surface area (Å²) in [6, 6.07) is 14.4. The maximum atomic E-state index is 12.9. The van der Waals surface area contributed by atoms with Crippen LogP contribution in [0.5, 0.6) is 5.75 Å². The molecule has 0 bridgehead atoms. The molecule has 0 fully saturated rings. The van der Waals surface area contributed by atoms with Crippen molar-refractivity contribution in [3.63, 3.8) is 0 Å². The molecule has 0 saturated heterocycles. The summed E-state index contributed by atoms with van der Waals surface area (Å²) in [5, 5.41) is 9.59. The largest absolute Gasteiger partial charge is 0.497 e. The van der Waals surface area contributed by atoms with Crippen LogP contribution in [0.2, 0.25) is 0 Å². The first-order valence-corrected chi connectivity index (χ1v) is 8.45. The Kier molecular flexibility index (Phi) is 4.75. The molecule has 0 aromatic heterocycles. The van der Waals surface area contributed by atoms with Crippen LogP contribution < -0.4 is 4.74 Å². The monoisotopic (exact) mass is 334 g/mol. The van der Waals surface area contributed by atoms with Crippen LogP contribution in [0, 0.1) is 0 Å². The summed E-state index contributed by atoms with van der Waals surface area (Å²) in [4.78, 5) is 11.7. The van der Waals surface area contributed by atoms with Crippen LogP contribution in [0.4, 0.5) is 0 Å². The van der Waals surface area contributed by atoms with E-state index in [9.17, 15) is 18.3 Å². The summed E-state index contributed by atoms with van der Waals surface area (Å²) in [6.07, 6.45) is -0.114. The van der Waals surface area contributed by atoms with Crippen LogP contribution in [0.15, 0.2) is 59.5 Å². The molecule has 0 aliphatic carbocycles. The standard InChI is InChI=1S/C17H18O5S/c1-17(16(18)19,12-13-6-4-3-5-7-13)23(20,21)15-10-8-14(22-2)9-11-15/h3-11H,12H2,1-2H3,(H,18,19)/t17-/m1/s1. The van der Waals surface area contributed by atoms with E-state index < -0.39 is 20.6 Å². The van der Waals surface area contributed by atoms with Gasteiger partial charge in [0, 0.05) is 6.42 Å². The van der Waals surface area contributed by atoms with Gasteiger partial charge in [0.05, 0.1) is 12.0 Å². The molecule has 1 N–H and O–H groups in total. The van der Waals surface area contributed by atoms with Gasteiger partial charge in [-0.3, -0.25) is 4.79 Å². The fourth-order valence-electron chi connectivity index (χ4n) is 2.29. The number of carbonyl (C=O) groups is 1. The number of benzene rings is 2. The van der Waals surface area contributed by atoms with Gasteiger partial charge in [0.1, 0.15) is 5.75 Å². The molecule has 0 radical (unpaired) electrons. The van der Waals surface area contributed by atoms with E-state index in [0.717, 1.165) is 0 Å². The lowest BCUT2D eigenvalue weighted by Crippen LogP contribution is -2.45. The third-order valence-electron chi connectivity index (χ3n) is 3.80. The number of rotatable bonds is 6. The average Bonchev–Trinajstić information content (AvgIpc) is 2.55. The second-order valence-electron chi connectivity index (χ2n) is 5.38. The van der Waals surface area contributed by atoms with E-state index in [4.69, 9.17) is 4.74 Å². The molecule has 0 spiro atoms. The van der Waals surface area contributed by atoms with Crippen molar-refractivity contribution < 1.29 is 23.1 Å². The van der Waals surface area contributed by atoms with Crippen LogP contribution in [0.1, 0.15) is 12.5 Å². The molecule has 0 unspecified atom stereocenters. The zero-order chi connectivity index (χ0) is 17.1. The number of sulfone groups is 1. The Morgan fingerprint density at radius 1 is 1.09 bits per heavy atom. The predicted octanol–water partition coefficient (Wildman–Crippen LogP) is 2.55. The maximum Gasteiger partial charge on any atom is 0.325 e. The van der Waals surface area contributed by atoms with Gasteiger partial charge in [-0.25, -0.2) is 8.42 Å². The van der Waals surface area contributed by atoms with Crippen molar-refractivity contribution in [1.82, 2.24) is 0 Å². The van der Waals surface area contributed by atoms with Gasteiger partial charge in [-0.2, -0.15) is 0 Å². The minimum atomic E-state index is -4.08. The fraction of sp³-hybridized carbons (Fsp3) is 0.235. The van der Waals surface area contributed by atoms with Crippen molar-refractivity contribution in [3.05, 3.63) is 60.2 Å². The minimum absolute atomic E-state index is 0.0425. The first-order chi connectivity index (χ1) is 10.8. The lowest BCUT2D eigenvalue weighted by molar-refractivity contribution is -0.139. The molecule has 2 aromatic rings. The third kappa shape index (κ3) is 3.22. The Balaban J connectivity index is 2.47. The maximum absolute atomic E-state index is 12.9. The fourth-order valence-corrected chi connectivity index (χ4v) is 3.89. The molecule has 0 heterocycles. The van der Waals surface area contributed by atoms with Gasteiger partial charge in [-0.1, -0.05) is 30.3 Å². The molecule has 23 heavy (non-hydrogen) atoms. The summed E-state index contributed by atoms with van der Waals surface area (Å²) < 4.78 is 28.8. The molecule has 2 aromatic carbocycles. The number of hydrogen-bond acceptors (Lipinski definition) is 4. The minimum Gasteiger partial charge on any atom is -0.497 e. The second kappa shape index (κ2) is 6.42. The van der Waals surface area contributed by atoms with Gasteiger partial charge in [0.15, 0.2) is 14.6 Å². The first kappa shape index (κ1) is 17.0. The number of ether oxygens (including phenoxy) is 1. The second-order valence-corrected chi connectivity index (χ2v) is 7.76. The quantitative estimate of drug-likeness (QED) is 0.878. The molecule has 6 heteroatoms. The molecular weight excluding hydrogens is 316 g/mol. The van der Waals surface area contributed by atoms with Crippen molar-refractivity contribution in [1.29, 1.82) is 0 Å². The number of aliphatic carboxylic acids is 1. The highest BCUT2D eigenvalue weighted by molar-refractivity contribution is 7.93. The van der Waals surface area contributed by atoms with Crippen LogP contribution in [0.3, 0.4) is 0 Å². The Hall–Kier alpha value is -2.34. The number of hydrogen-bond donors (Lipinski definition) is 1. The van der Waals surface area contributed by atoms with E-state index in [1.807, 2.05) is 0 Å². The van der Waals surface area contributed by atoms with Crippen molar-refractivity contribution in [3.8, 4) is 5.75 Å². The lowest BCUT2D eigenvalue weighted by atomic mass is 10.0. The predicted molar refractivity (Wildman–Crippen MR) is 86.4 cm³/mol. The smallest absolute Gasteiger partial charge is 0.325 e. The first-order valence-electron chi connectivity index (χ1n) is 6.97. The van der Waals surface area contributed by atoms with E-state index in [1.165, 1.54) is 38.3 Å². The molecule has 122 valence electrons. The molecule has 5 nitrogen and oxygen atoms in total. The van der Waals surface area contributed by atoms with Crippen molar-refractivity contribution in [2.45, 2.75) is 23.0 Å². The van der Waals surface area contributed by atoms with E-state index in [1.54, 1.807) is 30.3 Å². The molecule has 1 atom stereocenters. The lowest BCUT2D eigenvalue weighted by Gasteiger charge is -2.25. The van der Waals surface area contributed by atoms with Gasteiger partial charge in [0.2, 0.25) is 0 Å². The Morgan fingerprint density at radius 2 is 1.65 bits per heavy atom. The van der Waals surface area contributed by atoms with Gasteiger partial charge >= 0.3 is 5.97 Å². The van der Waals surface area contributed by atoms with Crippen molar-refractivity contribution in [2.24, 2.45) is 0 Å². The molecule has 0 amide bonds. The summed E-state index contributed by atoms with van der Waals surface area (Å²) in [6.45, 7) is 1.24. The molecule has 0 aliphatic heterocycles. The third-order valence-corrected chi connectivity index (χ3v) is 6.20. The van der Waals surface area contributed by atoms with Gasteiger partial charge in [-0.05, 0) is 36.8 Å². The van der Waals surface area contributed by atoms with Crippen LogP contribution >= 0.6 is 0 Å². The molecule has 0 aliphatic rings. The average molecular weight is 334 g/mol. The van der Waals surface area contributed by atoms with E-state index in [0.29, 0.717) is 11.3 Å². The summed E-state index contributed by atoms with van der Waals surface area (Å²) in [5.74, 6) is -0.874. The summed E-state index contributed by atoms with van der Waals surface area (Å²) >= 11 is 0. The van der Waals surface area contributed by atoms with E-state index >= 15 is 0 Å². The zero-order valence-corrected chi connectivity index (χ0v) is 13.7. The summed E-state index contributed by atoms with van der Waals surface area (Å²) in [7, 11) is -2.61. The highest BCUT2D eigenvalue weighted by atomic mass is 32.2. The SMILES string of the molecule is COc1ccc(S(=O)(=O)[C@](C)(Cc2ccccc2)C(=O)O)cc1. The van der Waals surface area contributed by atoms with Gasteiger partial charge < -0.3 is 9.84 Å². The zero-order valence-electron chi connectivity index (χ0n) is 12.9. The summed E-state index contributed by atoms with van der Waals surface area (Å²) in [5.41, 5.74) is 0.648. The van der Waals surface area contributed by atoms with E-state index in [2.05, 4.69) is 0 Å². The normalized spacial score (nSPS) is 14.0. The van der Waals surface area contributed by atoms with Crippen molar-refractivity contribution in [2.75, 3.05) is 7.11 Å². The highest BCUT2D eigenvalue weighted by Crippen LogP contribution is 2.30. The topological polar surface area (TPSA) is 80.7 Å². The van der Waals surface area contributed by atoms with E-state index in [-0.39, 0.29) is 11.3 Å². The number of carboxylic acids is 1. The number of methoxy groups -OCH3 is 1. The highest BCUT2D eigenvalue weighted by Gasteiger charge is 2.47. The van der Waals surface area contributed by atoms with Crippen molar-refractivity contribution >= 4 is 15.8 Å². The Bertz CT molecular complexity index is 781. The molecule has 0 saturated carbocycles.